The van der Waals surface area contributed by atoms with Crippen LogP contribution in [0.3, 0.4) is 0 Å². The van der Waals surface area contributed by atoms with E-state index in [2.05, 4.69) is 41.3 Å². The molecule has 2 unspecified atom stereocenters. The second-order valence-corrected chi connectivity index (χ2v) is 11.8. The number of para-hydroxylation sites is 1. The Morgan fingerprint density at radius 2 is 1.82 bits per heavy atom. The lowest BCUT2D eigenvalue weighted by Gasteiger charge is -2.37. The van der Waals surface area contributed by atoms with E-state index in [-0.39, 0.29) is 43.8 Å². The van der Waals surface area contributed by atoms with Crippen LogP contribution in [-0.4, -0.2) is 87.3 Å². The van der Waals surface area contributed by atoms with Gasteiger partial charge < -0.3 is 38.8 Å². The number of piperidine rings is 1. The van der Waals surface area contributed by atoms with Crippen LogP contribution >= 0.6 is 0 Å². The number of nitrogens with zero attached hydrogens (tertiary/aromatic N) is 3. The maximum Gasteiger partial charge on any atom is 0.407 e. The highest BCUT2D eigenvalue weighted by molar-refractivity contribution is 5.97. The minimum absolute atomic E-state index is 0.0151. The molecule has 10 nitrogen and oxygen atoms in total. The van der Waals surface area contributed by atoms with Crippen molar-refractivity contribution in [3.05, 3.63) is 83.9 Å². The Hall–Kier alpha value is -4.28. The number of carboxylic acid groups (broad SMARTS) is 1. The Balaban J connectivity index is 1.11. The molecule has 3 aliphatic rings. The summed E-state index contributed by atoms with van der Waals surface area (Å²) in [5, 5.41) is 9.73. The highest BCUT2D eigenvalue weighted by Gasteiger charge is 2.34. The summed E-state index contributed by atoms with van der Waals surface area (Å²) >= 11 is 0. The molecule has 45 heavy (non-hydrogen) atoms. The second-order valence-electron chi connectivity index (χ2n) is 11.8. The number of methoxy groups -OCH3 is 1. The molecule has 3 aliphatic heterocycles. The largest absolute Gasteiger partial charge is 0.489 e. The lowest BCUT2D eigenvalue weighted by Crippen LogP contribution is -2.46. The highest BCUT2D eigenvalue weighted by atomic mass is 16.5. The molecular weight excluding hydrogens is 574 g/mol. The molecule has 2 fully saturated rings. The molecule has 3 aromatic rings. The zero-order valence-corrected chi connectivity index (χ0v) is 25.7. The van der Waals surface area contributed by atoms with Crippen LogP contribution < -0.4 is 19.3 Å². The summed E-state index contributed by atoms with van der Waals surface area (Å²) in [7, 11) is 1.65. The number of ether oxygens (including phenoxy) is 4. The van der Waals surface area contributed by atoms with Crippen molar-refractivity contribution in [1.29, 1.82) is 0 Å². The molecule has 0 aromatic heterocycles. The van der Waals surface area contributed by atoms with Gasteiger partial charge in [-0.25, -0.2) is 4.79 Å². The fourth-order valence-electron chi connectivity index (χ4n) is 6.48. The summed E-state index contributed by atoms with van der Waals surface area (Å²) in [6, 6.07) is 24.3. The van der Waals surface area contributed by atoms with Crippen molar-refractivity contribution in [3.8, 4) is 11.5 Å². The molecule has 3 aromatic carbocycles. The van der Waals surface area contributed by atoms with Crippen LogP contribution in [-0.2, 0) is 20.9 Å². The molecule has 10 heteroatoms. The third-order valence-corrected chi connectivity index (χ3v) is 8.87. The number of carbonyl (C=O) groups excluding carboxylic acids is 1. The van der Waals surface area contributed by atoms with E-state index in [4.69, 9.17) is 18.9 Å². The smallest absolute Gasteiger partial charge is 0.407 e. The van der Waals surface area contributed by atoms with Crippen molar-refractivity contribution >= 4 is 23.4 Å². The van der Waals surface area contributed by atoms with Crippen LogP contribution in [0.25, 0.3) is 0 Å². The summed E-state index contributed by atoms with van der Waals surface area (Å²) in [4.78, 5) is 30.0. The van der Waals surface area contributed by atoms with Crippen molar-refractivity contribution in [1.82, 2.24) is 4.90 Å². The lowest BCUT2D eigenvalue weighted by molar-refractivity contribution is -0.121. The van der Waals surface area contributed by atoms with E-state index in [1.807, 2.05) is 36.4 Å². The molecule has 2 saturated heterocycles. The van der Waals surface area contributed by atoms with Crippen LogP contribution in [0.2, 0.25) is 0 Å². The molecule has 1 N–H and O–H groups in total. The average Bonchev–Trinajstić information content (AvgIpc) is 3.54. The number of fused-ring (bicyclic) bond motifs is 1. The van der Waals surface area contributed by atoms with Crippen molar-refractivity contribution in [2.45, 2.75) is 44.0 Å². The number of benzene rings is 3. The standard InChI is InChI=1S/C35H41N3O7/c1-42-19-5-16-38-31-20-25(8-13-32(31)44-24-34(38)39)23-43-33-22-37(35(40)41)18-15-30(33)26-9-11-28(12-10-26)45-29-14-17-36(21-29)27-6-3-2-4-7-27/h2-4,6-13,20,29-30,33H,5,14-19,21-24H2,1H3,(H,40,41)/t29-,30?,33?/m0/s1. The Bertz CT molecular complexity index is 1450. The molecule has 0 radical (unpaired) electrons. The number of rotatable bonds is 11. The van der Waals surface area contributed by atoms with Crippen LogP contribution in [0.1, 0.15) is 36.3 Å². The first-order chi connectivity index (χ1) is 22.0. The summed E-state index contributed by atoms with van der Waals surface area (Å²) in [6.07, 6.45) is 1.19. The van der Waals surface area contributed by atoms with Gasteiger partial charge in [0.15, 0.2) is 6.61 Å². The molecule has 2 amide bonds. The molecule has 238 valence electrons. The predicted octanol–water partition coefficient (Wildman–Crippen LogP) is 5.16. The summed E-state index contributed by atoms with van der Waals surface area (Å²) in [6.45, 7) is 3.94. The van der Waals surface area contributed by atoms with Crippen molar-refractivity contribution in [3.63, 3.8) is 0 Å². The lowest BCUT2D eigenvalue weighted by atomic mass is 9.87. The molecule has 3 atom stereocenters. The third-order valence-electron chi connectivity index (χ3n) is 8.87. The van der Waals surface area contributed by atoms with Crippen LogP contribution in [0, 0.1) is 0 Å². The van der Waals surface area contributed by atoms with E-state index in [0.29, 0.717) is 38.3 Å². The van der Waals surface area contributed by atoms with Gasteiger partial charge in [-0.2, -0.15) is 0 Å². The molecular formula is C35H41N3O7. The number of hydrogen-bond donors (Lipinski definition) is 1. The van der Waals surface area contributed by atoms with Gasteiger partial charge in [0.2, 0.25) is 0 Å². The zero-order valence-electron chi connectivity index (χ0n) is 25.7. The van der Waals surface area contributed by atoms with E-state index >= 15 is 0 Å². The third kappa shape index (κ3) is 7.34. The minimum Gasteiger partial charge on any atom is -0.489 e. The van der Waals surface area contributed by atoms with Gasteiger partial charge >= 0.3 is 6.09 Å². The van der Waals surface area contributed by atoms with E-state index in [9.17, 15) is 14.7 Å². The molecule has 3 heterocycles. The van der Waals surface area contributed by atoms with Gasteiger partial charge in [-0.3, -0.25) is 4.79 Å². The number of hydrogen-bond acceptors (Lipinski definition) is 7. The van der Waals surface area contributed by atoms with Crippen molar-refractivity contribution in [2.24, 2.45) is 0 Å². The number of likely N-dealkylation sites (tertiary alicyclic amines) is 1. The second kappa shape index (κ2) is 14.2. The summed E-state index contributed by atoms with van der Waals surface area (Å²) < 4.78 is 23.6. The average molecular weight is 616 g/mol. The quantitative estimate of drug-likeness (QED) is 0.296. The predicted molar refractivity (Wildman–Crippen MR) is 170 cm³/mol. The minimum atomic E-state index is -0.942. The summed E-state index contributed by atoms with van der Waals surface area (Å²) in [5.41, 5.74) is 3.93. The van der Waals surface area contributed by atoms with E-state index in [0.717, 1.165) is 42.1 Å². The SMILES string of the molecule is COCCCN1C(=O)COc2ccc(COC3CN(C(=O)O)CCC3c3ccc(O[C@H]4CCN(c5ccccc5)C4)cc3)cc21. The Labute approximate surface area is 264 Å². The van der Waals surface area contributed by atoms with E-state index in [1.165, 1.54) is 10.6 Å². The zero-order chi connectivity index (χ0) is 31.2. The van der Waals surface area contributed by atoms with Gasteiger partial charge in [-0.15, -0.1) is 0 Å². The molecule has 0 bridgehead atoms. The first-order valence-electron chi connectivity index (χ1n) is 15.7. The number of anilines is 2. The van der Waals surface area contributed by atoms with E-state index in [1.54, 1.807) is 12.0 Å². The first-order valence-corrected chi connectivity index (χ1v) is 15.7. The van der Waals surface area contributed by atoms with Gasteiger partial charge in [0.1, 0.15) is 17.6 Å². The molecule has 6 rings (SSSR count). The topological polar surface area (TPSA) is 101 Å². The monoisotopic (exact) mass is 615 g/mol. The maximum atomic E-state index is 12.6. The van der Waals surface area contributed by atoms with Crippen LogP contribution in [0.4, 0.5) is 16.2 Å². The van der Waals surface area contributed by atoms with Crippen molar-refractivity contribution < 1.29 is 33.6 Å². The Morgan fingerprint density at radius 1 is 1.00 bits per heavy atom. The summed E-state index contributed by atoms with van der Waals surface area (Å²) in [5.74, 6) is 1.44. The van der Waals surface area contributed by atoms with E-state index < -0.39 is 6.09 Å². The Kier molecular flexibility index (Phi) is 9.71. The fourth-order valence-corrected chi connectivity index (χ4v) is 6.48. The van der Waals surface area contributed by atoms with Gasteiger partial charge in [0.05, 0.1) is 31.5 Å². The van der Waals surface area contributed by atoms with Crippen LogP contribution in [0.15, 0.2) is 72.8 Å². The fraction of sp³-hybridized carbons (Fsp3) is 0.429. The van der Waals surface area contributed by atoms with Crippen molar-refractivity contribution in [2.75, 3.05) is 62.8 Å². The molecule has 0 spiro atoms. The first kappa shape index (κ1) is 30.7. The highest BCUT2D eigenvalue weighted by Crippen LogP contribution is 2.36. The maximum absolute atomic E-state index is 12.6. The van der Waals surface area contributed by atoms with Crippen LogP contribution in [0.5, 0.6) is 11.5 Å². The number of amides is 2. The number of carbonyl (C=O) groups is 2. The van der Waals surface area contributed by atoms with Gasteiger partial charge in [0, 0.05) is 51.4 Å². The van der Waals surface area contributed by atoms with Gasteiger partial charge in [0.25, 0.3) is 5.91 Å². The molecule has 0 saturated carbocycles. The molecule has 0 aliphatic carbocycles. The van der Waals surface area contributed by atoms with Gasteiger partial charge in [-0.05, 0) is 60.4 Å². The van der Waals surface area contributed by atoms with Gasteiger partial charge in [-0.1, -0.05) is 36.4 Å². The Morgan fingerprint density at radius 3 is 2.60 bits per heavy atom. The normalized spacial score (nSPS) is 21.4.